The van der Waals surface area contributed by atoms with Crippen molar-refractivity contribution in [3.05, 3.63) is 178 Å². The van der Waals surface area contributed by atoms with Crippen LogP contribution in [0.3, 0.4) is 0 Å². The first-order chi connectivity index (χ1) is 18.7. The number of ketones is 2. The van der Waals surface area contributed by atoms with E-state index in [9.17, 15) is 9.59 Å². The van der Waals surface area contributed by atoms with Gasteiger partial charge in [-0.3, -0.25) is 9.59 Å². The van der Waals surface area contributed by atoms with E-state index in [0.717, 1.165) is 55.7 Å². The molecule has 0 fully saturated rings. The van der Waals surface area contributed by atoms with Crippen molar-refractivity contribution in [2.45, 2.75) is 0 Å². The first-order valence-electron chi connectivity index (χ1n) is 12.7. The zero-order valence-corrected chi connectivity index (χ0v) is 20.5. The van der Waals surface area contributed by atoms with Gasteiger partial charge in [-0.05, 0) is 33.4 Å². The highest BCUT2D eigenvalue weighted by Gasteiger charge is 2.33. The van der Waals surface area contributed by atoms with Gasteiger partial charge in [-0.1, -0.05) is 133 Å². The van der Waals surface area contributed by atoms with Crippen molar-refractivity contribution < 1.29 is 9.59 Å². The van der Waals surface area contributed by atoms with Crippen LogP contribution in [-0.4, -0.2) is 11.6 Å². The van der Waals surface area contributed by atoms with Crippen molar-refractivity contribution in [1.29, 1.82) is 0 Å². The van der Waals surface area contributed by atoms with E-state index in [0.29, 0.717) is 11.1 Å². The minimum absolute atomic E-state index is 0.0285. The van der Waals surface area contributed by atoms with Gasteiger partial charge in [0.05, 0.1) is 0 Å². The number of benzene rings is 5. The number of hydrogen-bond donors (Lipinski definition) is 0. The molecule has 0 spiro atoms. The molecule has 0 bridgehead atoms. The highest BCUT2D eigenvalue weighted by atomic mass is 16.1. The summed E-state index contributed by atoms with van der Waals surface area (Å²) in [6.45, 7) is 0. The molecule has 2 aliphatic rings. The monoisotopic (exact) mass is 486 g/mol. The number of hydrogen-bond acceptors (Lipinski definition) is 2. The summed E-state index contributed by atoms with van der Waals surface area (Å²) in [7, 11) is 0. The summed E-state index contributed by atoms with van der Waals surface area (Å²) in [6, 6.07) is 43.6. The Kier molecular flexibility index (Phi) is 5.12. The van der Waals surface area contributed by atoms with Crippen LogP contribution in [0.1, 0.15) is 54.1 Å². The highest BCUT2D eigenvalue weighted by molar-refractivity contribution is 6.42. The van der Waals surface area contributed by atoms with Crippen LogP contribution in [0.2, 0.25) is 0 Å². The quantitative estimate of drug-likeness (QED) is 0.258. The molecular weight excluding hydrogens is 464 g/mol. The van der Waals surface area contributed by atoms with E-state index >= 15 is 0 Å². The summed E-state index contributed by atoms with van der Waals surface area (Å²) in [5, 5.41) is 0. The zero-order chi connectivity index (χ0) is 25.6. The third-order valence-corrected chi connectivity index (χ3v) is 7.42. The molecule has 0 radical (unpaired) electrons. The highest BCUT2D eigenvalue weighted by Crippen LogP contribution is 2.44. The van der Waals surface area contributed by atoms with Crippen LogP contribution in [0.5, 0.6) is 0 Å². The molecule has 7 rings (SSSR count). The van der Waals surface area contributed by atoms with Gasteiger partial charge in [0.15, 0.2) is 11.6 Å². The lowest BCUT2D eigenvalue weighted by Gasteiger charge is -2.11. The lowest BCUT2D eigenvalue weighted by Crippen LogP contribution is -2.01. The largest absolute Gasteiger partial charge is 0.289 e. The molecule has 2 aliphatic carbocycles. The van der Waals surface area contributed by atoms with Crippen molar-refractivity contribution >= 4 is 33.9 Å². The third kappa shape index (κ3) is 3.35. The summed E-state index contributed by atoms with van der Waals surface area (Å²) in [5.74, 6) is 0.0569. The molecule has 178 valence electrons. The van der Waals surface area contributed by atoms with Gasteiger partial charge in [-0.25, -0.2) is 0 Å². The van der Waals surface area contributed by atoms with Crippen molar-refractivity contribution in [1.82, 2.24) is 0 Å². The Morgan fingerprint density at radius 1 is 0.263 bits per heavy atom. The van der Waals surface area contributed by atoms with E-state index in [1.165, 1.54) is 0 Å². The smallest absolute Gasteiger partial charge is 0.194 e. The van der Waals surface area contributed by atoms with E-state index < -0.39 is 0 Å². The molecule has 0 amide bonds. The molecule has 38 heavy (non-hydrogen) atoms. The molecule has 2 heteroatoms. The maximum Gasteiger partial charge on any atom is 0.194 e. The van der Waals surface area contributed by atoms with Crippen LogP contribution < -0.4 is 0 Å². The van der Waals surface area contributed by atoms with Crippen LogP contribution in [0.4, 0.5) is 0 Å². The molecule has 5 aromatic carbocycles. The van der Waals surface area contributed by atoms with E-state index in [-0.39, 0.29) is 11.6 Å². The number of carbonyl (C=O) groups excluding carboxylic acids is 2. The summed E-state index contributed by atoms with van der Waals surface area (Å²) < 4.78 is 0. The molecule has 0 atom stereocenters. The van der Waals surface area contributed by atoms with Crippen LogP contribution in [0.25, 0.3) is 22.3 Å². The van der Waals surface area contributed by atoms with Gasteiger partial charge in [0.1, 0.15) is 0 Å². The van der Waals surface area contributed by atoms with Crippen LogP contribution in [-0.2, 0) is 0 Å². The first kappa shape index (κ1) is 22.1. The summed E-state index contributed by atoms with van der Waals surface area (Å²) in [5.41, 5.74) is 10.4. The van der Waals surface area contributed by atoms with Gasteiger partial charge < -0.3 is 0 Å². The number of Topliss-reactive ketones (excluding diaryl/α,β-unsaturated/α-hetero) is 2. The van der Waals surface area contributed by atoms with E-state index in [4.69, 9.17) is 0 Å². The lowest BCUT2D eigenvalue weighted by atomic mass is 9.91. The standard InChI is InChI=1S/C36H22O2/c37-35-29-17-9-7-15-27(29)31(23-11-3-1-4-12-23)33(35)25-19-21-26(22-20-25)34-32(24-13-5-2-6-14-24)28-16-8-10-18-30(28)36(34)38/h1-22H. The maximum atomic E-state index is 13.6. The Bertz CT molecular complexity index is 1670. The predicted octanol–water partition coefficient (Wildman–Crippen LogP) is 8.00. The summed E-state index contributed by atoms with van der Waals surface area (Å²) in [6.07, 6.45) is 0. The Morgan fingerprint density at radius 2 is 0.553 bits per heavy atom. The molecule has 2 nitrogen and oxygen atoms in total. The molecule has 0 heterocycles. The van der Waals surface area contributed by atoms with Crippen molar-refractivity contribution in [3.8, 4) is 0 Å². The van der Waals surface area contributed by atoms with E-state index in [2.05, 4.69) is 0 Å². The second kappa shape index (κ2) is 8.79. The van der Waals surface area contributed by atoms with Gasteiger partial charge in [-0.2, -0.15) is 0 Å². The fraction of sp³-hybridized carbons (Fsp3) is 0. The van der Waals surface area contributed by atoms with Gasteiger partial charge in [-0.15, -0.1) is 0 Å². The van der Waals surface area contributed by atoms with Crippen LogP contribution >= 0.6 is 0 Å². The fourth-order valence-electron chi connectivity index (χ4n) is 5.73. The Labute approximate surface area is 221 Å². The average Bonchev–Trinajstić information content (AvgIpc) is 3.45. The summed E-state index contributed by atoms with van der Waals surface area (Å²) >= 11 is 0. The lowest BCUT2D eigenvalue weighted by molar-refractivity contribution is 0.105. The van der Waals surface area contributed by atoms with Crippen LogP contribution in [0, 0.1) is 0 Å². The molecule has 0 unspecified atom stereocenters. The molecule has 0 aliphatic heterocycles. The minimum Gasteiger partial charge on any atom is -0.289 e. The van der Waals surface area contributed by atoms with Crippen molar-refractivity contribution in [3.63, 3.8) is 0 Å². The third-order valence-electron chi connectivity index (χ3n) is 7.42. The van der Waals surface area contributed by atoms with Gasteiger partial charge >= 0.3 is 0 Å². The number of fused-ring (bicyclic) bond motifs is 2. The number of allylic oxidation sites excluding steroid dienone is 2. The van der Waals surface area contributed by atoms with Crippen molar-refractivity contribution in [2.24, 2.45) is 0 Å². The van der Waals surface area contributed by atoms with Crippen molar-refractivity contribution in [2.75, 3.05) is 0 Å². The molecule has 0 N–H and O–H groups in total. The Hall–Kier alpha value is -5.08. The average molecular weight is 487 g/mol. The van der Waals surface area contributed by atoms with E-state index in [1.807, 2.05) is 133 Å². The first-order valence-corrected chi connectivity index (χ1v) is 12.7. The second-order valence-corrected chi connectivity index (χ2v) is 9.56. The van der Waals surface area contributed by atoms with Gasteiger partial charge in [0.25, 0.3) is 0 Å². The fourth-order valence-corrected chi connectivity index (χ4v) is 5.73. The SMILES string of the molecule is O=C1C(c2ccc(C3=C(c4ccccc4)c4ccccc4C3=O)cc2)=C(c2ccccc2)c2ccccc21. The maximum absolute atomic E-state index is 13.6. The Morgan fingerprint density at radius 3 is 0.921 bits per heavy atom. The molecule has 5 aromatic rings. The molecular formula is C36H22O2. The minimum atomic E-state index is 0.0285. The molecule has 0 saturated heterocycles. The molecule has 0 aromatic heterocycles. The van der Waals surface area contributed by atoms with E-state index in [1.54, 1.807) is 0 Å². The Balaban J connectivity index is 1.39. The summed E-state index contributed by atoms with van der Waals surface area (Å²) in [4.78, 5) is 27.3. The topological polar surface area (TPSA) is 34.1 Å². The molecule has 0 saturated carbocycles. The van der Waals surface area contributed by atoms with Gasteiger partial charge in [0.2, 0.25) is 0 Å². The zero-order valence-electron chi connectivity index (χ0n) is 20.5. The van der Waals surface area contributed by atoms with Gasteiger partial charge in [0, 0.05) is 33.4 Å². The number of carbonyl (C=O) groups is 2. The predicted molar refractivity (Wildman–Crippen MR) is 153 cm³/mol. The number of rotatable bonds is 4. The van der Waals surface area contributed by atoms with Crippen LogP contribution in [0.15, 0.2) is 133 Å². The normalized spacial score (nSPS) is 14.2. The second-order valence-electron chi connectivity index (χ2n) is 9.56.